The maximum atomic E-state index is 13.3. The minimum atomic E-state index is -0.363. The van der Waals surface area contributed by atoms with Gasteiger partial charge in [0.15, 0.2) is 5.82 Å². The first-order valence-electron chi connectivity index (χ1n) is 6.10. The molecule has 3 aromatic rings. The third-order valence-electron chi connectivity index (χ3n) is 2.89. The van der Waals surface area contributed by atoms with E-state index >= 15 is 0 Å². The molecule has 0 aliphatic heterocycles. The van der Waals surface area contributed by atoms with Crippen molar-refractivity contribution in [2.75, 3.05) is 0 Å². The summed E-state index contributed by atoms with van der Waals surface area (Å²) in [6.45, 7) is 2.00. The Morgan fingerprint density at radius 1 is 1.05 bits per heavy atom. The van der Waals surface area contributed by atoms with Gasteiger partial charge in [-0.25, -0.2) is 14.4 Å². The van der Waals surface area contributed by atoms with Gasteiger partial charge in [-0.2, -0.15) is 0 Å². The Morgan fingerprint density at radius 2 is 1.76 bits per heavy atom. The van der Waals surface area contributed by atoms with Gasteiger partial charge >= 0.3 is 0 Å². The zero-order valence-corrected chi connectivity index (χ0v) is 13.2. The van der Waals surface area contributed by atoms with Gasteiger partial charge in [-0.05, 0) is 36.8 Å². The van der Waals surface area contributed by atoms with Crippen molar-refractivity contribution in [2.24, 2.45) is 0 Å². The number of aromatic nitrogens is 2. The summed E-state index contributed by atoms with van der Waals surface area (Å²) < 4.78 is 13.3. The molecule has 0 N–H and O–H groups in total. The Balaban J connectivity index is 2.12. The molecule has 1 aromatic carbocycles. The van der Waals surface area contributed by atoms with Crippen LogP contribution in [0.3, 0.4) is 0 Å². The molecule has 0 aliphatic rings. The van der Waals surface area contributed by atoms with E-state index in [-0.39, 0.29) is 16.1 Å². The van der Waals surface area contributed by atoms with E-state index in [4.69, 9.17) is 23.2 Å². The van der Waals surface area contributed by atoms with E-state index in [2.05, 4.69) is 9.97 Å². The fourth-order valence-electron chi connectivity index (χ4n) is 1.95. The van der Waals surface area contributed by atoms with Crippen LogP contribution >= 0.6 is 34.5 Å². The average molecular weight is 339 g/mol. The number of benzene rings is 1. The molecule has 0 bridgehead atoms. The molecular formula is C15H9Cl2FN2S. The highest BCUT2D eigenvalue weighted by Crippen LogP contribution is 2.35. The van der Waals surface area contributed by atoms with Gasteiger partial charge in [0.05, 0.1) is 10.4 Å². The SMILES string of the molecule is Cc1ccc(-c2nc(Cl)c(-c3cccc(F)c3)c(Cl)n2)s1. The molecule has 2 nitrogen and oxygen atoms in total. The quantitative estimate of drug-likeness (QED) is 0.566. The lowest BCUT2D eigenvalue weighted by molar-refractivity contribution is 0.628. The predicted octanol–water partition coefficient (Wildman–Crippen LogP) is 5.63. The molecule has 0 unspecified atom stereocenters. The smallest absolute Gasteiger partial charge is 0.172 e. The molecule has 21 heavy (non-hydrogen) atoms. The Hall–Kier alpha value is -1.49. The fourth-order valence-corrected chi connectivity index (χ4v) is 3.36. The predicted molar refractivity (Wildman–Crippen MR) is 85.5 cm³/mol. The van der Waals surface area contributed by atoms with Crippen molar-refractivity contribution in [2.45, 2.75) is 6.92 Å². The normalized spacial score (nSPS) is 10.9. The van der Waals surface area contributed by atoms with Gasteiger partial charge < -0.3 is 0 Å². The second-order valence-electron chi connectivity index (χ2n) is 4.42. The van der Waals surface area contributed by atoms with E-state index in [1.807, 2.05) is 19.1 Å². The number of aryl methyl sites for hydroxylation is 1. The number of nitrogens with zero attached hydrogens (tertiary/aromatic N) is 2. The Kier molecular flexibility index (Phi) is 3.93. The first-order chi connectivity index (χ1) is 10.0. The Morgan fingerprint density at radius 3 is 2.33 bits per heavy atom. The minimum absolute atomic E-state index is 0.210. The van der Waals surface area contributed by atoms with Crippen molar-refractivity contribution in [1.29, 1.82) is 0 Å². The van der Waals surface area contributed by atoms with Crippen molar-refractivity contribution in [1.82, 2.24) is 9.97 Å². The standard InChI is InChI=1S/C15H9Cl2FN2S/c1-8-5-6-11(21-8)15-19-13(16)12(14(17)20-15)9-3-2-4-10(18)7-9/h2-7H,1H3. The van der Waals surface area contributed by atoms with Crippen molar-refractivity contribution in [3.8, 4) is 21.8 Å². The fraction of sp³-hybridized carbons (Fsp3) is 0.0667. The van der Waals surface area contributed by atoms with Gasteiger partial charge in [0.1, 0.15) is 16.1 Å². The topological polar surface area (TPSA) is 25.8 Å². The van der Waals surface area contributed by atoms with E-state index in [1.54, 1.807) is 23.5 Å². The molecule has 0 radical (unpaired) electrons. The van der Waals surface area contributed by atoms with Gasteiger partial charge in [-0.15, -0.1) is 11.3 Å². The third kappa shape index (κ3) is 2.93. The molecule has 0 fully saturated rings. The number of rotatable bonds is 2. The molecule has 0 spiro atoms. The highest BCUT2D eigenvalue weighted by molar-refractivity contribution is 7.15. The number of hydrogen-bond donors (Lipinski definition) is 0. The lowest BCUT2D eigenvalue weighted by Gasteiger charge is -2.08. The summed E-state index contributed by atoms with van der Waals surface area (Å²) >= 11 is 14.0. The van der Waals surface area contributed by atoms with Gasteiger partial charge in [0, 0.05) is 4.88 Å². The van der Waals surface area contributed by atoms with Crippen molar-refractivity contribution in [3.63, 3.8) is 0 Å². The van der Waals surface area contributed by atoms with Crippen LogP contribution in [0, 0.1) is 12.7 Å². The summed E-state index contributed by atoms with van der Waals surface area (Å²) in [6.07, 6.45) is 0. The maximum Gasteiger partial charge on any atom is 0.172 e. The van der Waals surface area contributed by atoms with E-state index in [9.17, 15) is 4.39 Å². The van der Waals surface area contributed by atoms with Crippen LogP contribution in [0.15, 0.2) is 36.4 Å². The molecule has 0 amide bonds. The summed E-state index contributed by atoms with van der Waals surface area (Å²) in [5.41, 5.74) is 0.994. The highest BCUT2D eigenvalue weighted by Gasteiger charge is 2.15. The van der Waals surface area contributed by atoms with Crippen LogP contribution < -0.4 is 0 Å². The second-order valence-corrected chi connectivity index (χ2v) is 6.43. The van der Waals surface area contributed by atoms with E-state index in [0.717, 1.165) is 9.75 Å². The summed E-state index contributed by atoms with van der Waals surface area (Å²) in [5.74, 6) is 0.112. The lowest BCUT2D eigenvalue weighted by atomic mass is 10.1. The van der Waals surface area contributed by atoms with E-state index in [1.165, 1.54) is 12.1 Å². The van der Waals surface area contributed by atoms with Gasteiger partial charge in [0.2, 0.25) is 0 Å². The summed E-state index contributed by atoms with van der Waals surface area (Å²) in [4.78, 5) is 10.6. The van der Waals surface area contributed by atoms with Crippen LogP contribution in [0.1, 0.15) is 4.88 Å². The van der Waals surface area contributed by atoms with E-state index < -0.39 is 0 Å². The van der Waals surface area contributed by atoms with Crippen LogP contribution in [0.25, 0.3) is 21.8 Å². The first kappa shape index (κ1) is 14.4. The molecular weight excluding hydrogens is 330 g/mol. The summed E-state index contributed by atoms with van der Waals surface area (Å²) in [5, 5.41) is 0.420. The molecule has 0 saturated heterocycles. The van der Waals surface area contributed by atoms with Crippen LogP contribution in [0.4, 0.5) is 4.39 Å². The Bertz CT molecular complexity index is 794. The minimum Gasteiger partial charge on any atom is -0.215 e. The van der Waals surface area contributed by atoms with Gasteiger partial charge in [0.25, 0.3) is 0 Å². The zero-order valence-electron chi connectivity index (χ0n) is 10.9. The number of halogens is 3. The average Bonchev–Trinajstić information content (AvgIpc) is 2.85. The molecule has 0 aliphatic carbocycles. The monoisotopic (exact) mass is 338 g/mol. The van der Waals surface area contributed by atoms with E-state index in [0.29, 0.717) is 17.0 Å². The van der Waals surface area contributed by atoms with Crippen LogP contribution in [0.5, 0.6) is 0 Å². The second kappa shape index (κ2) is 5.72. The number of thiophene rings is 1. The third-order valence-corrected chi connectivity index (χ3v) is 4.44. The molecule has 0 atom stereocenters. The molecule has 3 rings (SSSR count). The maximum absolute atomic E-state index is 13.3. The van der Waals surface area contributed by atoms with Gasteiger partial charge in [-0.3, -0.25) is 0 Å². The van der Waals surface area contributed by atoms with Crippen molar-refractivity contribution >= 4 is 34.5 Å². The van der Waals surface area contributed by atoms with Crippen LogP contribution in [-0.2, 0) is 0 Å². The Labute approximate surface area is 135 Å². The molecule has 2 heterocycles. The molecule has 6 heteroatoms. The van der Waals surface area contributed by atoms with Crippen LogP contribution in [-0.4, -0.2) is 9.97 Å². The number of hydrogen-bond acceptors (Lipinski definition) is 3. The van der Waals surface area contributed by atoms with Crippen LogP contribution in [0.2, 0.25) is 10.3 Å². The highest BCUT2D eigenvalue weighted by atomic mass is 35.5. The molecule has 0 saturated carbocycles. The van der Waals surface area contributed by atoms with Gasteiger partial charge in [-0.1, -0.05) is 35.3 Å². The summed E-state index contributed by atoms with van der Waals surface area (Å²) in [7, 11) is 0. The molecule has 2 aromatic heterocycles. The largest absolute Gasteiger partial charge is 0.215 e. The van der Waals surface area contributed by atoms with Crippen molar-refractivity contribution in [3.05, 3.63) is 57.4 Å². The molecule has 106 valence electrons. The first-order valence-corrected chi connectivity index (χ1v) is 7.67. The lowest BCUT2D eigenvalue weighted by Crippen LogP contribution is -1.93. The van der Waals surface area contributed by atoms with Crippen molar-refractivity contribution < 1.29 is 4.39 Å². The zero-order chi connectivity index (χ0) is 15.0. The summed E-state index contributed by atoms with van der Waals surface area (Å²) in [6, 6.07) is 9.91.